The van der Waals surface area contributed by atoms with E-state index in [4.69, 9.17) is 12.2 Å². The highest BCUT2D eigenvalue weighted by atomic mass is 32.1. The van der Waals surface area contributed by atoms with Gasteiger partial charge in [-0.1, -0.05) is 18.2 Å². The summed E-state index contributed by atoms with van der Waals surface area (Å²) in [4.78, 5) is 7.23. The highest BCUT2D eigenvalue weighted by Gasteiger charge is 2.03. The molecule has 1 aromatic carbocycles. The molecule has 2 rings (SSSR count). The zero-order valence-electron chi connectivity index (χ0n) is 12.6. The lowest BCUT2D eigenvalue weighted by atomic mass is 10.2. The molecule has 22 heavy (non-hydrogen) atoms. The quantitative estimate of drug-likeness (QED) is 0.847. The van der Waals surface area contributed by atoms with Gasteiger partial charge in [0.2, 0.25) is 0 Å². The highest BCUT2D eigenvalue weighted by Crippen LogP contribution is 2.07. The third-order valence-corrected chi connectivity index (χ3v) is 4.02. The van der Waals surface area contributed by atoms with Crippen LogP contribution in [0.4, 0.5) is 4.39 Å². The molecule has 0 aliphatic carbocycles. The van der Waals surface area contributed by atoms with Crippen LogP contribution in [0, 0.1) is 5.82 Å². The van der Waals surface area contributed by atoms with E-state index in [1.807, 2.05) is 36.3 Å². The van der Waals surface area contributed by atoms with Crippen LogP contribution in [-0.4, -0.2) is 41.8 Å². The second-order valence-electron chi connectivity index (χ2n) is 5.05. The van der Waals surface area contributed by atoms with Crippen molar-refractivity contribution in [2.45, 2.75) is 6.54 Å². The molecule has 0 aliphatic heterocycles. The Hall–Kier alpha value is -1.57. The maximum Gasteiger partial charge on any atom is 0.195 e. The van der Waals surface area contributed by atoms with E-state index in [2.05, 4.69) is 15.2 Å². The average molecular weight is 338 g/mol. The van der Waals surface area contributed by atoms with E-state index in [0.717, 1.165) is 17.9 Å². The van der Waals surface area contributed by atoms with Crippen molar-refractivity contribution in [1.29, 1.82) is 0 Å². The molecule has 0 fully saturated rings. The second kappa shape index (κ2) is 8.17. The smallest absolute Gasteiger partial charge is 0.195 e. The molecule has 0 amide bonds. The fourth-order valence-corrected chi connectivity index (χ4v) is 2.81. The molecule has 0 unspecified atom stereocenters. The number of thiazole rings is 1. The van der Waals surface area contributed by atoms with Crippen molar-refractivity contribution in [1.82, 2.24) is 14.8 Å². The standard InChI is InChI=1S/C15H19FN4S2/c1-19(2)8-7-17-14(21)18-15-20(9-10-22-15)11-12-5-3-4-6-13(12)16/h3-6,9-10H,7-8,11H2,1-2H3,(H,17,21). The Labute approximate surface area is 138 Å². The summed E-state index contributed by atoms with van der Waals surface area (Å²) in [6, 6.07) is 6.76. The first-order valence-electron chi connectivity index (χ1n) is 6.91. The Morgan fingerprint density at radius 3 is 2.91 bits per heavy atom. The van der Waals surface area contributed by atoms with Gasteiger partial charge in [-0.3, -0.25) is 0 Å². The maximum atomic E-state index is 13.7. The van der Waals surface area contributed by atoms with Crippen molar-refractivity contribution in [3.63, 3.8) is 0 Å². The SMILES string of the molecule is CN(C)CCNC(=S)N=c1sccn1Cc1ccccc1F. The molecule has 1 heterocycles. The Bertz CT molecular complexity index is 691. The second-order valence-corrected chi connectivity index (χ2v) is 6.31. The van der Waals surface area contributed by atoms with E-state index in [9.17, 15) is 4.39 Å². The number of hydrogen-bond acceptors (Lipinski definition) is 3. The van der Waals surface area contributed by atoms with Gasteiger partial charge in [-0.05, 0) is 32.4 Å². The molecule has 0 aliphatic rings. The molecular weight excluding hydrogens is 319 g/mol. The average Bonchev–Trinajstić information content (AvgIpc) is 2.88. The highest BCUT2D eigenvalue weighted by molar-refractivity contribution is 7.80. The fraction of sp³-hybridized carbons (Fsp3) is 0.333. The molecule has 7 heteroatoms. The maximum absolute atomic E-state index is 13.7. The van der Waals surface area contributed by atoms with Gasteiger partial charge >= 0.3 is 0 Å². The van der Waals surface area contributed by atoms with Gasteiger partial charge in [-0.25, -0.2) is 4.39 Å². The van der Waals surface area contributed by atoms with Crippen molar-refractivity contribution < 1.29 is 4.39 Å². The summed E-state index contributed by atoms with van der Waals surface area (Å²) < 4.78 is 15.6. The number of thiocarbonyl (C=S) groups is 1. The van der Waals surface area contributed by atoms with E-state index in [0.29, 0.717) is 17.2 Å². The zero-order valence-corrected chi connectivity index (χ0v) is 14.3. The number of likely N-dealkylation sites (N-methyl/N-ethyl adjacent to an activating group) is 1. The Balaban J connectivity index is 2.07. The van der Waals surface area contributed by atoms with E-state index in [1.54, 1.807) is 12.1 Å². The third kappa shape index (κ3) is 5.01. The summed E-state index contributed by atoms with van der Waals surface area (Å²) >= 11 is 6.71. The van der Waals surface area contributed by atoms with Crippen LogP contribution in [0.5, 0.6) is 0 Å². The third-order valence-electron chi connectivity index (χ3n) is 2.99. The first-order valence-corrected chi connectivity index (χ1v) is 8.19. The monoisotopic (exact) mass is 338 g/mol. The van der Waals surface area contributed by atoms with Crippen LogP contribution in [0.1, 0.15) is 5.56 Å². The fourth-order valence-electron chi connectivity index (χ4n) is 1.83. The molecule has 0 saturated carbocycles. The van der Waals surface area contributed by atoms with Gasteiger partial charge in [0.25, 0.3) is 0 Å². The largest absolute Gasteiger partial charge is 0.360 e. The van der Waals surface area contributed by atoms with Gasteiger partial charge in [0.1, 0.15) is 5.82 Å². The van der Waals surface area contributed by atoms with E-state index < -0.39 is 0 Å². The van der Waals surface area contributed by atoms with Crippen molar-refractivity contribution in [2.24, 2.45) is 4.99 Å². The van der Waals surface area contributed by atoms with Crippen LogP contribution in [0.15, 0.2) is 40.8 Å². The molecule has 2 aromatic rings. The summed E-state index contributed by atoms with van der Waals surface area (Å²) in [5, 5.41) is 5.47. The topological polar surface area (TPSA) is 32.6 Å². The Morgan fingerprint density at radius 1 is 1.41 bits per heavy atom. The molecule has 118 valence electrons. The first-order chi connectivity index (χ1) is 10.6. The number of halogens is 1. The summed E-state index contributed by atoms with van der Waals surface area (Å²) in [5.41, 5.74) is 0.633. The van der Waals surface area contributed by atoms with Gasteiger partial charge in [-0.15, -0.1) is 11.3 Å². The van der Waals surface area contributed by atoms with Crippen LogP contribution < -0.4 is 10.1 Å². The zero-order chi connectivity index (χ0) is 15.9. The number of nitrogens with one attached hydrogen (secondary N) is 1. The lowest BCUT2D eigenvalue weighted by Gasteiger charge is -2.09. The summed E-state index contributed by atoms with van der Waals surface area (Å²) in [5.74, 6) is -0.209. The van der Waals surface area contributed by atoms with E-state index in [-0.39, 0.29) is 5.82 Å². The van der Waals surface area contributed by atoms with Gasteiger partial charge in [0.05, 0.1) is 6.54 Å². The summed E-state index contributed by atoms with van der Waals surface area (Å²) in [6.45, 7) is 2.07. The molecule has 1 aromatic heterocycles. The Morgan fingerprint density at radius 2 is 2.18 bits per heavy atom. The van der Waals surface area contributed by atoms with Crippen LogP contribution in [0.3, 0.4) is 0 Å². The van der Waals surface area contributed by atoms with Gasteiger partial charge in [0.15, 0.2) is 9.91 Å². The first kappa shape index (κ1) is 16.8. The predicted octanol–water partition coefficient (Wildman–Crippen LogP) is 2.07. The number of aromatic nitrogens is 1. The van der Waals surface area contributed by atoms with Crippen molar-refractivity contribution >= 4 is 28.7 Å². The molecule has 4 nitrogen and oxygen atoms in total. The minimum Gasteiger partial charge on any atom is -0.360 e. The lowest BCUT2D eigenvalue weighted by Crippen LogP contribution is -2.31. The van der Waals surface area contributed by atoms with Gasteiger partial charge < -0.3 is 14.8 Å². The molecule has 0 atom stereocenters. The Kier molecular flexibility index (Phi) is 6.23. The minimum absolute atomic E-state index is 0.209. The molecule has 0 radical (unpaired) electrons. The predicted molar refractivity (Wildman–Crippen MR) is 92.5 cm³/mol. The molecular formula is C15H19FN4S2. The minimum atomic E-state index is -0.209. The van der Waals surface area contributed by atoms with Crippen molar-refractivity contribution in [2.75, 3.05) is 27.2 Å². The number of benzene rings is 1. The normalized spacial score (nSPS) is 11.9. The van der Waals surface area contributed by atoms with Gasteiger partial charge in [0, 0.05) is 30.2 Å². The summed E-state index contributed by atoms with van der Waals surface area (Å²) in [6.07, 6.45) is 1.89. The van der Waals surface area contributed by atoms with Crippen molar-refractivity contribution in [3.05, 3.63) is 52.0 Å². The van der Waals surface area contributed by atoms with E-state index >= 15 is 0 Å². The number of rotatable bonds is 5. The van der Waals surface area contributed by atoms with Crippen LogP contribution >= 0.6 is 23.6 Å². The number of nitrogens with zero attached hydrogens (tertiary/aromatic N) is 3. The molecule has 0 spiro atoms. The molecule has 0 bridgehead atoms. The summed E-state index contributed by atoms with van der Waals surface area (Å²) in [7, 11) is 4.01. The van der Waals surface area contributed by atoms with Crippen LogP contribution in [-0.2, 0) is 6.54 Å². The van der Waals surface area contributed by atoms with Crippen LogP contribution in [0.25, 0.3) is 0 Å². The number of hydrogen-bond donors (Lipinski definition) is 1. The van der Waals surface area contributed by atoms with E-state index in [1.165, 1.54) is 17.4 Å². The lowest BCUT2D eigenvalue weighted by molar-refractivity contribution is 0.413. The van der Waals surface area contributed by atoms with Crippen molar-refractivity contribution in [3.8, 4) is 0 Å². The van der Waals surface area contributed by atoms with Crippen LogP contribution in [0.2, 0.25) is 0 Å². The molecule has 0 saturated heterocycles. The molecule has 1 N–H and O–H groups in total. The van der Waals surface area contributed by atoms with Gasteiger partial charge in [-0.2, -0.15) is 4.99 Å².